The van der Waals surface area contributed by atoms with E-state index in [-0.39, 0.29) is 18.4 Å². The zero-order valence-electron chi connectivity index (χ0n) is 14.8. The quantitative estimate of drug-likeness (QED) is 0.841. The fraction of sp³-hybridized carbons (Fsp3) is 0.421. The summed E-state index contributed by atoms with van der Waals surface area (Å²) in [5.41, 5.74) is 2.65. The number of hydrogen-bond donors (Lipinski definition) is 1. The molecular weight excluding hydrogens is 352 g/mol. The lowest BCUT2D eigenvalue weighted by Crippen LogP contribution is -2.49. The Labute approximate surface area is 156 Å². The van der Waals surface area contributed by atoms with Gasteiger partial charge in [-0.2, -0.15) is 0 Å². The Morgan fingerprint density at radius 1 is 1.38 bits per heavy atom. The summed E-state index contributed by atoms with van der Waals surface area (Å²) < 4.78 is 5.52. The maximum absolute atomic E-state index is 12.8. The normalized spacial score (nSPS) is 17.6. The molecule has 138 valence electrons. The van der Waals surface area contributed by atoms with Gasteiger partial charge in [-0.3, -0.25) is 4.79 Å². The number of amides is 1. The van der Waals surface area contributed by atoms with E-state index in [9.17, 15) is 14.7 Å². The highest BCUT2D eigenvalue weighted by atomic mass is 32.1. The standard InChI is InChI=1S/C19H22N2O4S/c1-3-25-12(2)18-20-15(11-26-18)9-17(22)21-10-14-7-5-4-6-13(14)8-16(21)19(23)24/h4-7,11-12,16H,3,8-10H2,1-2H3,(H,23,24). The van der Waals surface area contributed by atoms with Crippen LogP contribution in [0.3, 0.4) is 0 Å². The van der Waals surface area contributed by atoms with E-state index < -0.39 is 12.0 Å². The van der Waals surface area contributed by atoms with E-state index >= 15 is 0 Å². The summed E-state index contributed by atoms with van der Waals surface area (Å²) >= 11 is 1.46. The second kappa shape index (κ2) is 7.97. The number of carbonyl (C=O) groups excluding carboxylic acids is 1. The topological polar surface area (TPSA) is 79.7 Å². The van der Waals surface area contributed by atoms with Crippen molar-refractivity contribution in [1.29, 1.82) is 0 Å². The SMILES string of the molecule is CCOC(C)c1nc(CC(=O)N2Cc3ccccc3CC2C(=O)O)cs1. The molecule has 1 N–H and O–H groups in total. The molecule has 2 atom stereocenters. The average Bonchev–Trinajstić information content (AvgIpc) is 3.09. The molecule has 3 rings (SSSR count). The molecule has 0 aliphatic carbocycles. The van der Waals surface area contributed by atoms with Gasteiger partial charge >= 0.3 is 5.97 Å². The van der Waals surface area contributed by atoms with Crippen molar-refractivity contribution in [2.75, 3.05) is 6.61 Å². The predicted molar refractivity (Wildman–Crippen MR) is 98.0 cm³/mol. The van der Waals surface area contributed by atoms with Gasteiger partial charge in [0.15, 0.2) is 0 Å². The minimum atomic E-state index is -0.975. The molecule has 6 nitrogen and oxygen atoms in total. The Hall–Kier alpha value is -2.25. The van der Waals surface area contributed by atoms with Crippen molar-refractivity contribution in [3.05, 3.63) is 51.5 Å². The molecule has 1 aliphatic heterocycles. The molecule has 1 aromatic heterocycles. The Kier molecular flexibility index (Phi) is 5.68. The highest BCUT2D eigenvalue weighted by molar-refractivity contribution is 7.09. The lowest BCUT2D eigenvalue weighted by molar-refractivity contribution is -0.151. The average molecular weight is 374 g/mol. The molecule has 0 saturated carbocycles. The summed E-state index contributed by atoms with van der Waals surface area (Å²) in [5.74, 6) is -1.19. The largest absolute Gasteiger partial charge is 0.480 e. The van der Waals surface area contributed by atoms with Crippen LogP contribution >= 0.6 is 11.3 Å². The maximum atomic E-state index is 12.8. The lowest BCUT2D eigenvalue weighted by atomic mass is 9.93. The second-order valence-corrected chi connectivity index (χ2v) is 7.19. The molecular formula is C19H22N2O4S. The van der Waals surface area contributed by atoms with Gasteiger partial charge in [0.2, 0.25) is 5.91 Å². The lowest BCUT2D eigenvalue weighted by Gasteiger charge is -2.34. The van der Waals surface area contributed by atoms with E-state index in [1.165, 1.54) is 16.2 Å². The van der Waals surface area contributed by atoms with Crippen LogP contribution in [0.4, 0.5) is 0 Å². The molecule has 0 radical (unpaired) electrons. The highest BCUT2D eigenvalue weighted by Crippen LogP contribution is 2.25. The minimum Gasteiger partial charge on any atom is -0.480 e. The number of aromatic nitrogens is 1. The smallest absolute Gasteiger partial charge is 0.326 e. The van der Waals surface area contributed by atoms with Crippen molar-refractivity contribution in [2.45, 2.75) is 45.4 Å². The van der Waals surface area contributed by atoms with Crippen LogP contribution in [0.1, 0.15) is 41.8 Å². The molecule has 1 aromatic carbocycles. The number of aliphatic carboxylic acids is 1. The van der Waals surface area contributed by atoms with Crippen molar-refractivity contribution >= 4 is 23.2 Å². The van der Waals surface area contributed by atoms with Gasteiger partial charge in [0.1, 0.15) is 17.2 Å². The van der Waals surface area contributed by atoms with Gasteiger partial charge in [-0.05, 0) is 25.0 Å². The number of benzene rings is 1. The van der Waals surface area contributed by atoms with E-state index in [2.05, 4.69) is 4.98 Å². The van der Waals surface area contributed by atoms with E-state index in [0.717, 1.165) is 16.1 Å². The summed E-state index contributed by atoms with van der Waals surface area (Å²) in [6, 6.07) is 6.83. The molecule has 2 heterocycles. The van der Waals surface area contributed by atoms with Crippen LogP contribution in [0.2, 0.25) is 0 Å². The number of thiazole rings is 1. The molecule has 7 heteroatoms. The Balaban J connectivity index is 1.75. The fourth-order valence-electron chi connectivity index (χ4n) is 3.17. The second-order valence-electron chi connectivity index (χ2n) is 6.30. The Bertz CT molecular complexity index is 804. The van der Waals surface area contributed by atoms with Gasteiger partial charge in [0.25, 0.3) is 0 Å². The van der Waals surface area contributed by atoms with Crippen LogP contribution in [0.15, 0.2) is 29.6 Å². The van der Waals surface area contributed by atoms with Gasteiger partial charge in [-0.25, -0.2) is 9.78 Å². The van der Waals surface area contributed by atoms with Gasteiger partial charge < -0.3 is 14.7 Å². The first-order valence-corrected chi connectivity index (χ1v) is 9.52. The predicted octanol–water partition coefficient (Wildman–Crippen LogP) is 2.82. The van der Waals surface area contributed by atoms with Gasteiger partial charge in [-0.1, -0.05) is 24.3 Å². The first kappa shape index (κ1) is 18.5. The number of ether oxygens (including phenoxy) is 1. The van der Waals surface area contributed by atoms with Crippen LogP contribution in [-0.2, 0) is 33.7 Å². The maximum Gasteiger partial charge on any atom is 0.326 e. The van der Waals surface area contributed by atoms with Gasteiger partial charge in [0.05, 0.1) is 12.1 Å². The molecule has 2 unspecified atom stereocenters. The number of carboxylic acids is 1. The number of carboxylic acid groups (broad SMARTS) is 1. The minimum absolute atomic E-state index is 0.0985. The van der Waals surface area contributed by atoms with Crippen molar-refractivity contribution in [2.24, 2.45) is 0 Å². The number of rotatable bonds is 6. The fourth-order valence-corrected chi connectivity index (χ4v) is 4.00. The monoisotopic (exact) mass is 374 g/mol. The van der Waals surface area contributed by atoms with Crippen LogP contribution in [0, 0.1) is 0 Å². The summed E-state index contributed by atoms with van der Waals surface area (Å²) in [6.45, 7) is 4.77. The van der Waals surface area contributed by atoms with Crippen LogP contribution in [0.25, 0.3) is 0 Å². The first-order chi connectivity index (χ1) is 12.5. The number of carbonyl (C=O) groups is 2. The number of nitrogens with zero attached hydrogens (tertiary/aromatic N) is 2. The summed E-state index contributed by atoms with van der Waals surface area (Å²) in [7, 11) is 0. The molecule has 1 amide bonds. The Morgan fingerprint density at radius 2 is 2.12 bits per heavy atom. The van der Waals surface area contributed by atoms with Gasteiger partial charge in [0, 0.05) is 25.0 Å². The van der Waals surface area contributed by atoms with Crippen LogP contribution in [-0.4, -0.2) is 39.5 Å². The molecule has 0 fully saturated rings. The van der Waals surface area contributed by atoms with Crippen molar-refractivity contribution < 1.29 is 19.4 Å². The van der Waals surface area contributed by atoms with E-state index in [0.29, 0.717) is 25.3 Å². The zero-order valence-corrected chi connectivity index (χ0v) is 15.7. The summed E-state index contributed by atoms with van der Waals surface area (Å²) in [5, 5.41) is 12.2. The number of hydrogen-bond acceptors (Lipinski definition) is 5. The van der Waals surface area contributed by atoms with Crippen molar-refractivity contribution in [3.63, 3.8) is 0 Å². The van der Waals surface area contributed by atoms with Gasteiger partial charge in [-0.15, -0.1) is 11.3 Å². The molecule has 0 saturated heterocycles. The third kappa shape index (κ3) is 3.94. The van der Waals surface area contributed by atoms with E-state index in [4.69, 9.17) is 4.74 Å². The highest BCUT2D eigenvalue weighted by Gasteiger charge is 2.34. The van der Waals surface area contributed by atoms with Crippen LogP contribution < -0.4 is 0 Å². The van der Waals surface area contributed by atoms with E-state index in [1.807, 2.05) is 43.5 Å². The van der Waals surface area contributed by atoms with Crippen LogP contribution in [0.5, 0.6) is 0 Å². The first-order valence-electron chi connectivity index (χ1n) is 8.64. The molecule has 0 spiro atoms. The molecule has 0 bridgehead atoms. The van der Waals surface area contributed by atoms with Crippen molar-refractivity contribution in [3.8, 4) is 0 Å². The third-order valence-corrected chi connectivity index (χ3v) is 5.57. The number of fused-ring (bicyclic) bond motifs is 1. The molecule has 1 aliphatic rings. The Morgan fingerprint density at radius 3 is 2.81 bits per heavy atom. The summed E-state index contributed by atoms with van der Waals surface area (Å²) in [4.78, 5) is 30.4. The molecule has 26 heavy (non-hydrogen) atoms. The zero-order chi connectivity index (χ0) is 18.7. The summed E-state index contributed by atoms with van der Waals surface area (Å²) in [6.07, 6.45) is 0.324. The molecule has 2 aromatic rings. The van der Waals surface area contributed by atoms with E-state index in [1.54, 1.807) is 0 Å². The van der Waals surface area contributed by atoms with Crippen molar-refractivity contribution in [1.82, 2.24) is 9.88 Å². The third-order valence-electron chi connectivity index (χ3n) is 4.52.